The Kier molecular flexibility index (Phi) is 8.89. The second-order valence-corrected chi connectivity index (χ2v) is 6.07. The van der Waals surface area contributed by atoms with E-state index in [1.807, 2.05) is 6.92 Å². The van der Waals surface area contributed by atoms with E-state index in [0.29, 0.717) is 19.1 Å². The number of hydrogen-bond donors (Lipinski definition) is 2. The highest BCUT2D eigenvalue weighted by Crippen LogP contribution is 2.25. The number of hydrogen-bond acceptors (Lipinski definition) is 4. The van der Waals surface area contributed by atoms with E-state index in [4.69, 9.17) is 4.74 Å². The van der Waals surface area contributed by atoms with Crippen LogP contribution in [-0.4, -0.2) is 62.6 Å². The van der Waals surface area contributed by atoms with Gasteiger partial charge in [0.2, 0.25) is 5.91 Å². The highest BCUT2D eigenvalue weighted by Gasteiger charge is 2.27. The Balaban J connectivity index is 2.52. The average molecular weight is 338 g/mol. The number of esters is 1. The first-order chi connectivity index (χ1) is 11.5. The lowest BCUT2D eigenvalue weighted by molar-refractivity contribution is -0.149. The van der Waals surface area contributed by atoms with Crippen LogP contribution >= 0.6 is 0 Å². The van der Waals surface area contributed by atoms with Gasteiger partial charge in [-0.15, -0.1) is 6.58 Å². The van der Waals surface area contributed by atoms with Crippen LogP contribution in [0.1, 0.15) is 32.6 Å². The molecule has 0 saturated heterocycles. The van der Waals surface area contributed by atoms with Crippen LogP contribution in [0, 0.1) is 5.92 Å². The fourth-order valence-corrected chi connectivity index (χ4v) is 2.54. The molecule has 0 bridgehead atoms. The fraction of sp³-hybridized carbons (Fsp3) is 0.706. The van der Waals surface area contributed by atoms with E-state index in [0.717, 1.165) is 25.7 Å². The average Bonchev–Trinajstić information content (AvgIpc) is 2.57. The number of carbonyl (C=O) groups is 2. The van der Waals surface area contributed by atoms with Crippen molar-refractivity contribution in [1.82, 2.24) is 15.5 Å². The van der Waals surface area contributed by atoms with Gasteiger partial charge in [0.05, 0.1) is 12.5 Å². The lowest BCUT2D eigenvalue weighted by Crippen LogP contribution is -2.46. The number of carbonyl (C=O) groups excluding carboxylic acids is 2. The number of rotatable bonds is 7. The third-order valence-electron chi connectivity index (χ3n) is 3.97. The summed E-state index contributed by atoms with van der Waals surface area (Å²) in [5.41, 5.74) is 0. The van der Waals surface area contributed by atoms with Gasteiger partial charge in [-0.25, -0.2) is 4.99 Å². The summed E-state index contributed by atoms with van der Waals surface area (Å²) in [7, 11) is 3.41. The Labute approximate surface area is 144 Å². The summed E-state index contributed by atoms with van der Waals surface area (Å²) in [6.07, 6.45) is 5.10. The highest BCUT2D eigenvalue weighted by molar-refractivity contribution is 5.85. The van der Waals surface area contributed by atoms with Crippen molar-refractivity contribution in [3.8, 4) is 0 Å². The molecule has 7 heteroatoms. The third kappa shape index (κ3) is 7.02. The minimum Gasteiger partial charge on any atom is -0.466 e. The summed E-state index contributed by atoms with van der Waals surface area (Å²) < 4.78 is 5.09. The van der Waals surface area contributed by atoms with E-state index in [1.54, 1.807) is 20.2 Å². The molecule has 2 N–H and O–H groups in total. The first-order valence-electron chi connectivity index (χ1n) is 8.50. The molecular formula is C17H30N4O3. The topological polar surface area (TPSA) is 83.0 Å². The van der Waals surface area contributed by atoms with Crippen molar-refractivity contribution >= 4 is 17.8 Å². The minimum atomic E-state index is -0.0915. The van der Waals surface area contributed by atoms with E-state index in [9.17, 15) is 9.59 Å². The van der Waals surface area contributed by atoms with Crippen molar-refractivity contribution in [3.05, 3.63) is 12.7 Å². The smallest absolute Gasteiger partial charge is 0.308 e. The molecule has 0 aromatic rings. The van der Waals surface area contributed by atoms with E-state index in [-0.39, 0.29) is 30.4 Å². The largest absolute Gasteiger partial charge is 0.466 e. The van der Waals surface area contributed by atoms with Gasteiger partial charge in [-0.2, -0.15) is 0 Å². The molecule has 24 heavy (non-hydrogen) atoms. The molecule has 1 saturated carbocycles. The van der Waals surface area contributed by atoms with Gasteiger partial charge in [-0.05, 0) is 32.6 Å². The molecule has 0 atom stereocenters. The molecule has 1 amide bonds. The Bertz CT molecular complexity index is 455. The SMILES string of the molecule is C=CCNC(=NCC(=O)N(C)C)NC1CCC(C(=O)OCC)CC1. The zero-order valence-electron chi connectivity index (χ0n) is 15.0. The quantitative estimate of drug-likeness (QED) is 0.312. The Hall–Kier alpha value is -2.05. The molecule has 0 spiro atoms. The van der Waals surface area contributed by atoms with Gasteiger partial charge < -0.3 is 20.3 Å². The third-order valence-corrected chi connectivity index (χ3v) is 3.97. The summed E-state index contributed by atoms with van der Waals surface area (Å²) in [6.45, 7) is 6.60. The van der Waals surface area contributed by atoms with E-state index in [1.165, 1.54) is 4.90 Å². The van der Waals surface area contributed by atoms with E-state index < -0.39 is 0 Å². The molecule has 0 heterocycles. The van der Waals surface area contributed by atoms with Crippen LogP contribution < -0.4 is 10.6 Å². The zero-order chi connectivity index (χ0) is 17.9. The van der Waals surface area contributed by atoms with Crippen LogP contribution in [0.15, 0.2) is 17.6 Å². The predicted octanol–water partition coefficient (Wildman–Crippen LogP) is 0.918. The molecule has 136 valence electrons. The molecule has 0 unspecified atom stereocenters. The van der Waals surface area contributed by atoms with Crippen molar-refractivity contribution < 1.29 is 14.3 Å². The molecule has 1 fully saturated rings. The van der Waals surface area contributed by atoms with Gasteiger partial charge >= 0.3 is 5.97 Å². The van der Waals surface area contributed by atoms with Crippen molar-refractivity contribution in [2.75, 3.05) is 33.8 Å². The molecule has 1 rings (SSSR count). The highest BCUT2D eigenvalue weighted by atomic mass is 16.5. The molecule has 0 aliphatic heterocycles. The molecule has 1 aliphatic rings. The van der Waals surface area contributed by atoms with Gasteiger partial charge in [0.1, 0.15) is 6.54 Å². The molecule has 0 aromatic carbocycles. The summed E-state index contributed by atoms with van der Waals surface area (Å²) in [4.78, 5) is 29.3. The predicted molar refractivity (Wildman–Crippen MR) is 94.7 cm³/mol. The monoisotopic (exact) mass is 338 g/mol. The standard InChI is InChI=1S/C17H30N4O3/c1-5-11-18-17(19-12-15(22)21(3)4)20-14-9-7-13(8-10-14)16(23)24-6-2/h5,13-14H,1,6-12H2,2-4H3,(H2,18,19,20). The second kappa shape index (κ2) is 10.7. The summed E-state index contributed by atoms with van der Waals surface area (Å²) in [6, 6.07) is 0.237. The van der Waals surface area contributed by atoms with Crippen molar-refractivity contribution in [2.45, 2.75) is 38.6 Å². The van der Waals surface area contributed by atoms with Gasteiger partial charge in [0.25, 0.3) is 0 Å². The molecule has 7 nitrogen and oxygen atoms in total. The maximum absolute atomic E-state index is 11.8. The van der Waals surface area contributed by atoms with Crippen molar-refractivity contribution in [3.63, 3.8) is 0 Å². The number of aliphatic imine (C=N–C) groups is 1. The Morgan fingerprint density at radius 2 is 1.96 bits per heavy atom. The van der Waals surface area contributed by atoms with Gasteiger partial charge in [-0.3, -0.25) is 9.59 Å². The number of amides is 1. The number of likely N-dealkylation sites (N-methyl/N-ethyl adjacent to an activating group) is 1. The fourth-order valence-electron chi connectivity index (χ4n) is 2.54. The minimum absolute atomic E-state index is 0.000146. The Morgan fingerprint density at radius 1 is 1.29 bits per heavy atom. The second-order valence-electron chi connectivity index (χ2n) is 6.07. The number of nitrogens with one attached hydrogen (secondary N) is 2. The van der Waals surface area contributed by atoms with Crippen LogP contribution in [0.3, 0.4) is 0 Å². The first-order valence-corrected chi connectivity index (χ1v) is 8.50. The van der Waals surface area contributed by atoms with Crippen LogP contribution in [0.5, 0.6) is 0 Å². The van der Waals surface area contributed by atoms with Gasteiger partial charge in [-0.1, -0.05) is 6.08 Å². The van der Waals surface area contributed by atoms with Gasteiger partial charge in [0.15, 0.2) is 5.96 Å². The maximum atomic E-state index is 11.8. The summed E-state index contributed by atoms with van der Waals surface area (Å²) in [5.74, 6) is 0.455. The number of guanidine groups is 1. The van der Waals surface area contributed by atoms with Crippen LogP contribution in [-0.2, 0) is 14.3 Å². The van der Waals surface area contributed by atoms with E-state index in [2.05, 4.69) is 22.2 Å². The summed E-state index contributed by atoms with van der Waals surface area (Å²) in [5, 5.41) is 6.47. The number of ether oxygens (including phenoxy) is 1. The number of nitrogens with zero attached hydrogens (tertiary/aromatic N) is 2. The first kappa shape index (κ1) is 20.0. The van der Waals surface area contributed by atoms with Crippen molar-refractivity contribution in [2.24, 2.45) is 10.9 Å². The van der Waals surface area contributed by atoms with Crippen molar-refractivity contribution in [1.29, 1.82) is 0 Å². The normalized spacial score (nSPS) is 20.9. The lowest BCUT2D eigenvalue weighted by atomic mass is 9.86. The molecule has 1 aliphatic carbocycles. The van der Waals surface area contributed by atoms with Crippen LogP contribution in [0.25, 0.3) is 0 Å². The Morgan fingerprint density at radius 3 is 2.50 bits per heavy atom. The van der Waals surface area contributed by atoms with Crippen LogP contribution in [0.2, 0.25) is 0 Å². The van der Waals surface area contributed by atoms with Crippen LogP contribution in [0.4, 0.5) is 0 Å². The maximum Gasteiger partial charge on any atom is 0.308 e. The molecule has 0 aromatic heterocycles. The molecular weight excluding hydrogens is 308 g/mol. The summed E-state index contributed by atoms with van der Waals surface area (Å²) >= 11 is 0. The van der Waals surface area contributed by atoms with E-state index >= 15 is 0 Å². The lowest BCUT2D eigenvalue weighted by Gasteiger charge is -2.29. The van der Waals surface area contributed by atoms with Gasteiger partial charge in [0, 0.05) is 26.7 Å². The zero-order valence-corrected chi connectivity index (χ0v) is 15.0. The molecule has 0 radical (unpaired) electrons.